The van der Waals surface area contributed by atoms with Crippen LogP contribution in [0.1, 0.15) is 49.9 Å². The highest BCUT2D eigenvalue weighted by atomic mass is 32.1. The van der Waals surface area contributed by atoms with Gasteiger partial charge >= 0.3 is 0 Å². The van der Waals surface area contributed by atoms with Gasteiger partial charge in [0.05, 0.1) is 0 Å². The molecule has 0 radical (unpaired) electrons. The van der Waals surface area contributed by atoms with Crippen molar-refractivity contribution in [1.29, 1.82) is 0 Å². The minimum Gasteiger partial charge on any atom is -0.456 e. The summed E-state index contributed by atoms with van der Waals surface area (Å²) in [6.07, 6.45) is 0. The van der Waals surface area contributed by atoms with Crippen LogP contribution in [0.2, 0.25) is 0 Å². The number of anilines is 3. The van der Waals surface area contributed by atoms with E-state index in [0.29, 0.717) is 0 Å². The van der Waals surface area contributed by atoms with Gasteiger partial charge < -0.3 is 9.32 Å². The van der Waals surface area contributed by atoms with Crippen LogP contribution in [-0.2, 0) is 10.8 Å². The second-order valence-electron chi connectivity index (χ2n) is 17.3. The molecule has 0 saturated carbocycles. The number of benzene rings is 8. The third kappa shape index (κ3) is 4.98. The summed E-state index contributed by atoms with van der Waals surface area (Å²) in [6.45, 7) is 9.44. The van der Waals surface area contributed by atoms with Crippen LogP contribution < -0.4 is 4.90 Å². The zero-order valence-electron chi connectivity index (χ0n) is 33.5. The first kappa shape index (κ1) is 34.4. The Morgan fingerprint density at radius 1 is 0.424 bits per heavy atom. The summed E-state index contributed by atoms with van der Waals surface area (Å²) < 4.78 is 8.21. The Bertz CT molecular complexity index is 3330. The molecule has 0 spiro atoms. The van der Waals surface area contributed by atoms with Crippen molar-refractivity contribution in [1.82, 2.24) is 0 Å². The molecule has 0 amide bonds. The number of nitrogens with zero attached hydrogens (tertiary/aromatic N) is 1. The molecule has 0 saturated heterocycles. The Kier molecular flexibility index (Phi) is 7.23. The molecule has 282 valence electrons. The van der Waals surface area contributed by atoms with Crippen molar-refractivity contribution in [2.24, 2.45) is 0 Å². The van der Waals surface area contributed by atoms with Gasteiger partial charge in [-0.25, -0.2) is 0 Å². The Balaban J connectivity index is 0.990. The molecule has 2 aliphatic carbocycles. The van der Waals surface area contributed by atoms with Gasteiger partial charge in [0, 0.05) is 59.9 Å². The molecule has 2 aliphatic rings. The second kappa shape index (κ2) is 12.4. The molecule has 2 aromatic heterocycles. The van der Waals surface area contributed by atoms with Gasteiger partial charge in [0.2, 0.25) is 0 Å². The molecule has 59 heavy (non-hydrogen) atoms. The van der Waals surface area contributed by atoms with Crippen LogP contribution in [0.25, 0.3) is 75.8 Å². The van der Waals surface area contributed by atoms with Crippen molar-refractivity contribution in [2.75, 3.05) is 4.90 Å². The van der Waals surface area contributed by atoms with E-state index in [1.54, 1.807) is 0 Å². The zero-order valence-corrected chi connectivity index (χ0v) is 34.3. The van der Waals surface area contributed by atoms with Crippen LogP contribution in [0.15, 0.2) is 180 Å². The van der Waals surface area contributed by atoms with Gasteiger partial charge in [0.1, 0.15) is 11.2 Å². The van der Waals surface area contributed by atoms with Gasteiger partial charge in [-0.1, -0.05) is 143 Å². The number of hydrogen-bond donors (Lipinski definition) is 0. The third-order valence-corrected chi connectivity index (χ3v) is 14.5. The molecular weight excluding hydrogens is 735 g/mol. The molecule has 0 bridgehead atoms. The molecule has 3 heteroatoms. The van der Waals surface area contributed by atoms with E-state index in [0.717, 1.165) is 39.0 Å². The lowest BCUT2D eigenvalue weighted by Gasteiger charge is -2.27. The van der Waals surface area contributed by atoms with Crippen molar-refractivity contribution in [3.63, 3.8) is 0 Å². The summed E-state index contributed by atoms with van der Waals surface area (Å²) in [4.78, 5) is 3.77. The molecule has 0 N–H and O–H groups in total. The fourth-order valence-electron chi connectivity index (χ4n) is 10.3. The lowest BCUT2D eigenvalue weighted by molar-refractivity contribution is 0.660. The number of rotatable bonds is 5. The van der Waals surface area contributed by atoms with Crippen LogP contribution >= 0.6 is 11.3 Å². The van der Waals surface area contributed by atoms with E-state index in [9.17, 15) is 0 Å². The maximum Gasteiger partial charge on any atom is 0.137 e. The van der Waals surface area contributed by atoms with Crippen LogP contribution in [0.5, 0.6) is 0 Å². The molecule has 12 rings (SSSR count). The molecule has 2 nitrogen and oxygen atoms in total. The van der Waals surface area contributed by atoms with Crippen LogP contribution in [0.3, 0.4) is 0 Å². The van der Waals surface area contributed by atoms with E-state index < -0.39 is 0 Å². The van der Waals surface area contributed by atoms with E-state index in [-0.39, 0.29) is 10.8 Å². The van der Waals surface area contributed by atoms with Gasteiger partial charge in [0.25, 0.3) is 0 Å². The second-order valence-corrected chi connectivity index (χ2v) is 18.3. The molecule has 0 unspecified atom stereocenters. The van der Waals surface area contributed by atoms with Crippen molar-refractivity contribution in [3.05, 3.63) is 198 Å². The first-order valence-corrected chi connectivity index (χ1v) is 21.4. The topological polar surface area (TPSA) is 16.4 Å². The third-order valence-electron chi connectivity index (χ3n) is 13.3. The Hall–Kier alpha value is -6.68. The molecule has 0 aliphatic heterocycles. The average molecular weight is 776 g/mol. The van der Waals surface area contributed by atoms with Crippen LogP contribution in [0.4, 0.5) is 17.1 Å². The summed E-state index contributed by atoms with van der Waals surface area (Å²) in [5, 5.41) is 3.62. The van der Waals surface area contributed by atoms with Crippen molar-refractivity contribution in [2.45, 2.75) is 38.5 Å². The Morgan fingerprint density at radius 2 is 1.03 bits per heavy atom. The minimum absolute atomic E-state index is 0.0607. The van der Waals surface area contributed by atoms with Gasteiger partial charge in [-0.2, -0.15) is 0 Å². The fraction of sp³-hybridized carbons (Fsp3) is 0.107. The first-order valence-electron chi connectivity index (χ1n) is 20.6. The standard InChI is InChI=1S/C56H41NOS/c1-55(2)46-18-10-8-15-41(46)45-32-38(27-30-47(45)55)57(37-24-21-35(22-25-37)34-13-6-5-7-14-34)39-26-29-43-42-28-23-36(31-49(42)58-50(43)33-39)40-17-12-19-48-52(40)54-53(56(48,3)4)44-16-9-11-20-51(44)59-54/h5-33H,1-4H3. The quantitative estimate of drug-likeness (QED) is 0.173. The highest BCUT2D eigenvalue weighted by Gasteiger charge is 2.40. The van der Waals surface area contributed by atoms with E-state index in [1.807, 2.05) is 11.3 Å². The average Bonchev–Trinajstić information content (AvgIpc) is 3.97. The maximum atomic E-state index is 6.86. The summed E-state index contributed by atoms with van der Waals surface area (Å²) in [5.74, 6) is 0. The predicted octanol–water partition coefficient (Wildman–Crippen LogP) is 16.2. The molecule has 2 heterocycles. The van der Waals surface area contributed by atoms with Gasteiger partial charge in [-0.05, 0) is 116 Å². The molecule has 0 atom stereocenters. The number of fused-ring (bicyclic) bond motifs is 11. The molecule has 0 fully saturated rings. The Morgan fingerprint density at radius 3 is 1.88 bits per heavy atom. The van der Waals surface area contributed by atoms with E-state index in [4.69, 9.17) is 4.42 Å². The Labute approximate surface area is 348 Å². The molecule has 8 aromatic carbocycles. The number of thiophene rings is 1. The van der Waals surface area contributed by atoms with Crippen molar-refractivity contribution >= 4 is 60.4 Å². The first-order chi connectivity index (χ1) is 28.8. The minimum atomic E-state index is -0.0771. The lowest BCUT2D eigenvalue weighted by atomic mass is 9.81. The van der Waals surface area contributed by atoms with Gasteiger partial charge in [0.15, 0.2) is 0 Å². The fourth-order valence-corrected chi connectivity index (χ4v) is 11.8. The maximum absolute atomic E-state index is 6.86. The number of furan rings is 1. The van der Waals surface area contributed by atoms with Crippen LogP contribution in [-0.4, -0.2) is 0 Å². The highest BCUT2D eigenvalue weighted by Crippen LogP contribution is 2.58. The zero-order chi connectivity index (χ0) is 39.6. The smallest absolute Gasteiger partial charge is 0.137 e. The van der Waals surface area contributed by atoms with E-state index in [2.05, 4.69) is 209 Å². The SMILES string of the molecule is CC1(C)c2ccccc2-c2cc(N(c3ccc(-c4ccccc4)cc3)c3ccc4c(c3)oc3cc(-c5cccc6c5-c5sc7ccccc7c5C6(C)C)ccc34)ccc21. The largest absolute Gasteiger partial charge is 0.456 e. The predicted molar refractivity (Wildman–Crippen MR) is 250 cm³/mol. The summed E-state index contributed by atoms with van der Waals surface area (Å²) >= 11 is 1.92. The van der Waals surface area contributed by atoms with Crippen LogP contribution in [0, 0.1) is 0 Å². The molecule has 10 aromatic rings. The monoisotopic (exact) mass is 775 g/mol. The molecular formula is C56H41NOS. The summed E-state index contributed by atoms with van der Waals surface area (Å²) in [6, 6.07) is 64.6. The highest BCUT2D eigenvalue weighted by molar-refractivity contribution is 7.22. The van der Waals surface area contributed by atoms with Gasteiger partial charge in [-0.3, -0.25) is 0 Å². The van der Waals surface area contributed by atoms with E-state index >= 15 is 0 Å². The summed E-state index contributed by atoms with van der Waals surface area (Å²) in [5.41, 5.74) is 19.3. The lowest BCUT2D eigenvalue weighted by Crippen LogP contribution is -2.15. The van der Waals surface area contributed by atoms with Crippen molar-refractivity contribution in [3.8, 4) is 43.8 Å². The summed E-state index contributed by atoms with van der Waals surface area (Å²) in [7, 11) is 0. The normalized spacial score (nSPS) is 14.4. The van der Waals surface area contributed by atoms with Gasteiger partial charge in [-0.15, -0.1) is 11.3 Å². The van der Waals surface area contributed by atoms with E-state index in [1.165, 1.54) is 76.2 Å². The number of hydrogen-bond acceptors (Lipinski definition) is 3. The van der Waals surface area contributed by atoms with Crippen molar-refractivity contribution < 1.29 is 4.42 Å².